The predicted octanol–water partition coefficient (Wildman–Crippen LogP) is 1.98. The van der Waals surface area contributed by atoms with Gasteiger partial charge in [-0.3, -0.25) is 9.59 Å². The maximum Gasteiger partial charge on any atom is 0.408 e. The third-order valence-electron chi connectivity index (χ3n) is 3.89. The molecule has 132 valence electrons. The number of benzene rings is 1. The van der Waals surface area contributed by atoms with Gasteiger partial charge in [0, 0.05) is 7.05 Å². The Morgan fingerprint density at radius 2 is 1.96 bits per heavy atom. The summed E-state index contributed by atoms with van der Waals surface area (Å²) in [5.74, 6) is -1.79. The number of amides is 2. The van der Waals surface area contributed by atoms with Crippen LogP contribution in [0.4, 0.5) is 13.2 Å². The Hall–Kier alpha value is -2.25. The molecule has 2 unspecified atom stereocenters. The Morgan fingerprint density at radius 1 is 1.29 bits per heavy atom. The number of alkyl halides is 3. The van der Waals surface area contributed by atoms with Crippen molar-refractivity contribution >= 4 is 11.8 Å². The van der Waals surface area contributed by atoms with Crippen molar-refractivity contribution in [2.24, 2.45) is 5.92 Å². The highest BCUT2D eigenvalue weighted by molar-refractivity contribution is 6.00. The van der Waals surface area contributed by atoms with Gasteiger partial charge in [-0.2, -0.15) is 13.2 Å². The fourth-order valence-corrected chi connectivity index (χ4v) is 2.48. The first kappa shape index (κ1) is 18.1. The highest BCUT2D eigenvalue weighted by Gasteiger charge is 2.46. The molecule has 1 heterocycles. The van der Waals surface area contributed by atoms with E-state index in [1.165, 1.54) is 11.9 Å². The average Bonchev–Trinajstić information content (AvgIpc) is 2.54. The second kappa shape index (κ2) is 7.55. The van der Waals surface area contributed by atoms with Gasteiger partial charge in [0.15, 0.2) is 0 Å². The number of para-hydroxylation sites is 1. The van der Waals surface area contributed by atoms with Crippen LogP contribution in [0, 0.1) is 5.92 Å². The largest absolute Gasteiger partial charge is 0.492 e. The monoisotopic (exact) mass is 344 g/mol. The van der Waals surface area contributed by atoms with Crippen LogP contribution < -0.4 is 10.1 Å². The molecule has 0 aromatic heterocycles. The number of rotatable bonds is 5. The first-order valence-electron chi connectivity index (χ1n) is 7.59. The summed E-state index contributed by atoms with van der Waals surface area (Å²) in [5.41, 5.74) is 0. The van der Waals surface area contributed by atoms with Gasteiger partial charge in [0.1, 0.15) is 24.3 Å². The zero-order valence-electron chi connectivity index (χ0n) is 13.2. The number of ether oxygens (including phenoxy) is 1. The molecule has 1 saturated heterocycles. The first-order chi connectivity index (χ1) is 11.3. The fourth-order valence-electron chi connectivity index (χ4n) is 2.48. The number of hydrogen-bond donors (Lipinski definition) is 1. The van der Waals surface area contributed by atoms with Crippen molar-refractivity contribution in [2.75, 3.05) is 20.2 Å². The van der Waals surface area contributed by atoms with Crippen LogP contribution in [0.25, 0.3) is 0 Å². The van der Waals surface area contributed by atoms with E-state index < -0.39 is 30.0 Å². The maximum atomic E-state index is 12.6. The van der Waals surface area contributed by atoms with E-state index in [9.17, 15) is 22.8 Å². The molecule has 1 aliphatic rings. The van der Waals surface area contributed by atoms with Gasteiger partial charge in [0.2, 0.25) is 11.8 Å². The van der Waals surface area contributed by atoms with E-state index in [2.05, 4.69) is 0 Å². The van der Waals surface area contributed by atoms with Gasteiger partial charge in [-0.15, -0.1) is 0 Å². The lowest BCUT2D eigenvalue weighted by Gasteiger charge is -2.31. The van der Waals surface area contributed by atoms with Crippen molar-refractivity contribution in [1.82, 2.24) is 10.2 Å². The number of carbonyl (C=O) groups excluding carboxylic acids is 2. The van der Waals surface area contributed by atoms with E-state index in [-0.39, 0.29) is 26.0 Å². The standard InChI is InChI=1S/C16H19F3N2O3/c1-21(9-10-24-11-5-3-2-4-6-11)15(23)12-7-8-13(16(17,18)19)20-14(12)22/h2-6,12-13H,7-10H2,1H3,(H,20,22). The van der Waals surface area contributed by atoms with Gasteiger partial charge in [0.25, 0.3) is 0 Å². The molecule has 2 amide bonds. The van der Waals surface area contributed by atoms with Gasteiger partial charge < -0.3 is 15.0 Å². The fraction of sp³-hybridized carbons (Fsp3) is 0.500. The van der Waals surface area contributed by atoms with Gasteiger partial charge >= 0.3 is 6.18 Å². The Labute approximate surface area is 137 Å². The minimum atomic E-state index is -4.49. The van der Waals surface area contributed by atoms with Crippen LogP contribution in [-0.2, 0) is 9.59 Å². The quantitative estimate of drug-likeness (QED) is 0.831. The van der Waals surface area contributed by atoms with E-state index in [1.807, 2.05) is 23.5 Å². The van der Waals surface area contributed by atoms with Crippen molar-refractivity contribution < 1.29 is 27.5 Å². The topological polar surface area (TPSA) is 58.6 Å². The van der Waals surface area contributed by atoms with Crippen molar-refractivity contribution in [3.8, 4) is 5.75 Å². The summed E-state index contributed by atoms with van der Waals surface area (Å²) in [6.45, 7) is 0.464. The first-order valence-corrected chi connectivity index (χ1v) is 7.59. The highest BCUT2D eigenvalue weighted by atomic mass is 19.4. The average molecular weight is 344 g/mol. The molecule has 5 nitrogen and oxygen atoms in total. The minimum Gasteiger partial charge on any atom is -0.492 e. The molecule has 0 spiro atoms. The molecule has 0 bridgehead atoms. The predicted molar refractivity (Wildman–Crippen MR) is 80.3 cm³/mol. The van der Waals surface area contributed by atoms with Crippen molar-refractivity contribution in [1.29, 1.82) is 0 Å². The molecule has 2 atom stereocenters. The number of halogens is 3. The summed E-state index contributed by atoms with van der Waals surface area (Å²) < 4.78 is 43.3. The van der Waals surface area contributed by atoms with E-state index in [1.54, 1.807) is 12.1 Å². The van der Waals surface area contributed by atoms with Crippen LogP contribution in [0.2, 0.25) is 0 Å². The van der Waals surface area contributed by atoms with Crippen LogP contribution in [-0.4, -0.2) is 49.1 Å². The molecule has 1 N–H and O–H groups in total. The van der Waals surface area contributed by atoms with Crippen LogP contribution >= 0.6 is 0 Å². The van der Waals surface area contributed by atoms with Gasteiger partial charge in [-0.05, 0) is 25.0 Å². The van der Waals surface area contributed by atoms with Gasteiger partial charge in [-0.1, -0.05) is 18.2 Å². The molecular weight excluding hydrogens is 325 g/mol. The molecule has 0 radical (unpaired) electrons. The SMILES string of the molecule is CN(CCOc1ccccc1)C(=O)C1CCC(C(F)(F)F)NC1=O. The molecule has 2 rings (SSSR count). The normalized spacial score (nSPS) is 21.1. The number of hydrogen-bond acceptors (Lipinski definition) is 3. The van der Waals surface area contributed by atoms with Gasteiger partial charge in [-0.25, -0.2) is 0 Å². The van der Waals surface area contributed by atoms with E-state index in [0.717, 1.165) is 0 Å². The summed E-state index contributed by atoms with van der Waals surface area (Å²) >= 11 is 0. The van der Waals surface area contributed by atoms with Crippen LogP contribution in [0.5, 0.6) is 5.75 Å². The van der Waals surface area contributed by atoms with Crippen LogP contribution in [0.3, 0.4) is 0 Å². The molecule has 1 aliphatic heterocycles. The van der Waals surface area contributed by atoms with Gasteiger partial charge in [0.05, 0.1) is 6.54 Å². The van der Waals surface area contributed by atoms with Crippen LogP contribution in [0.15, 0.2) is 30.3 Å². The smallest absolute Gasteiger partial charge is 0.408 e. The Morgan fingerprint density at radius 3 is 2.54 bits per heavy atom. The molecule has 1 aromatic carbocycles. The summed E-state index contributed by atoms with van der Waals surface area (Å²) in [6.07, 6.45) is -4.89. The summed E-state index contributed by atoms with van der Waals surface area (Å²) in [7, 11) is 1.50. The summed E-state index contributed by atoms with van der Waals surface area (Å²) in [5, 5.41) is 1.88. The van der Waals surface area contributed by atoms with Crippen molar-refractivity contribution in [2.45, 2.75) is 25.1 Å². The number of carbonyl (C=O) groups is 2. The Kier molecular flexibility index (Phi) is 5.69. The lowest BCUT2D eigenvalue weighted by atomic mass is 9.92. The molecule has 1 aromatic rings. The number of nitrogens with one attached hydrogen (secondary N) is 1. The Balaban J connectivity index is 1.82. The summed E-state index contributed by atoms with van der Waals surface area (Å²) in [6, 6.07) is 7.14. The zero-order chi connectivity index (χ0) is 17.7. The zero-order valence-corrected chi connectivity index (χ0v) is 13.2. The maximum absolute atomic E-state index is 12.6. The highest BCUT2D eigenvalue weighted by Crippen LogP contribution is 2.29. The third kappa shape index (κ3) is 4.62. The molecule has 0 saturated carbocycles. The second-order valence-electron chi connectivity index (χ2n) is 5.65. The molecule has 8 heteroatoms. The van der Waals surface area contributed by atoms with E-state index in [4.69, 9.17) is 4.74 Å². The Bertz CT molecular complexity index is 578. The lowest BCUT2D eigenvalue weighted by molar-refractivity contribution is -0.172. The number of likely N-dealkylation sites (N-methyl/N-ethyl adjacent to an activating group) is 1. The second-order valence-corrected chi connectivity index (χ2v) is 5.65. The molecule has 24 heavy (non-hydrogen) atoms. The van der Waals surface area contributed by atoms with Crippen LogP contribution in [0.1, 0.15) is 12.8 Å². The molecular formula is C16H19F3N2O3. The minimum absolute atomic E-state index is 0.112. The number of nitrogens with zero attached hydrogens (tertiary/aromatic N) is 1. The van der Waals surface area contributed by atoms with Crippen molar-refractivity contribution in [3.63, 3.8) is 0 Å². The molecule has 0 aliphatic carbocycles. The summed E-state index contributed by atoms with van der Waals surface area (Å²) in [4.78, 5) is 25.3. The third-order valence-corrected chi connectivity index (χ3v) is 3.89. The van der Waals surface area contributed by atoms with E-state index >= 15 is 0 Å². The van der Waals surface area contributed by atoms with E-state index in [0.29, 0.717) is 5.75 Å². The molecule has 1 fully saturated rings. The lowest BCUT2D eigenvalue weighted by Crippen LogP contribution is -2.54. The number of piperidine rings is 1. The van der Waals surface area contributed by atoms with Crippen molar-refractivity contribution in [3.05, 3.63) is 30.3 Å².